The van der Waals surface area contributed by atoms with E-state index < -0.39 is 0 Å². The van der Waals surface area contributed by atoms with Crippen molar-refractivity contribution in [3.8, 4) is 0 Å². The fourth-order valence-electron chi connectivity index (χ4n) is 2.46. The molecule has 0 bridgehead atoms. The fraction of sp³-hybridized carbons (Fsp3) is 1.00. The van der Waals surface area contributed by atoms with Gasteiger partial charge in [0.05, 0.1) is 6.61 Å². The molecule has 0 aromatic rings. The molecule has 0 saturated heterocycles. The summed E-state index contributed by atoms with van der Waals surface area (Å²) in [5.41, 5.74) is 5.83. The van der Waals surface area contributed by atoms with Gasteiger partial charge < -0.3 is 15.6 Å². The number of hydrogen-bond acceptors (Lipinski definition) is 3. The summed E-state index contributed by atoms with van der Waals surface area (Å²) in [7, 11) is 0. The second-order valence-corrected chi connectivity index (χ2v) is 5.56. The van der Waals surface area contributed by atoms with E-state index in [1.807, 2.05) is 0 Å². The van der Waals surface area contributed by atoms with Gasteiger partial charge in [-0.05, 0) is 37.5 Å². The van der Waals surface area contributed by atoms with E-state index in [2.05, 4.69) is 13.8 Å². The summed E-state index contributed by atoms with van der Waals surface area (Å²) in [5.74, 6) is 1.15. The molecule has 0 aromatic carbocycles. The Labute approximate surface area is 99.4 Å². The molecular weight excluding hydrogens is 202 g/mol. The third-order valence-corrected chi connectivity index (χ3v) is 3.75. The largest absolute Gasteiger partial charge is 0.394 e. The molecule has 2 atom stereocenters. The zero-order valence-electron chi connectivity index (χ0n) is 10.7. The molecular formula is C13H27NO2. The molecule has 0 radical (unpaired) electrons. The van der Waals surface area contributed by atoms with E-state index in [1.54, 1.807) is 0 Å². The van der Waals surface area contributed by atoms with E-state index in [-0.39, 0.29) is 12.1 Å². The second kappa shape index (κ2) is 6.58. The molecule has 2 unspecified atom stereocenters. The van der Waals surface area contributed by atoms with Crippen LogP contribution in [0.25, 0.3) is 0 Å². The van der Waals surface area contributed by atoms with Crippen molar-refractivity contribution in [3.63, 3.8) is 0 Å². The van der Waals surface area contributed by atoms with Crippen LogP contribution < -0.4 is 5.73 Å². The third-order valence-electron chi connectivity index (χ3n) is 3.75. The van der Waals surface area contributed by atoms with Crippen molar-refractivity contribution >= 4 is 0 Å². The molecule has 1 aliphatic rings. The van der Waals surface area contributed by atoms with Crippen molar-refractivity contribution in [3.05, 3.63) is 0 Å². The zero-order chi connectivity index (χ0) is 12.0. The molecule has 0 spiro atoms. The van der Waals surface area contributed by atoms with Crippen LogP contribution in [-0.2, 0) is 4.74 Å². The van der Waals surface area contributed by atoms with Gasteiger partial charge in [-0.3, -0.25) is 0 Å². The Bertz CT molecular complexity index is 196. The first-order valence-electron chi connectivity index (χ1n) is 6.56. The van der Waals surface area contributed by atoms with Crippen LogP contribution in [-0.4, -0.2) is 30.5 Å². The number of nitrogens with two attached hydrogens (primary N) is 1. The van der Waals surface area contributed by atoms with Crippen molar-refractivity contribution in [1.29, 1.82) is 0 Å². The normalized spacial score (nSPS) is 30.2. The lowest BCUT2D eigenvalue weighted by molar-refractivity contribution is 0.0886. The van der Waals surface area contributed by atoms with Gasteiger partial charge >= 0.3 is 0 Å². The van der Waals surface area contributed by atoms with Crippen LogP contribution in [0.1, 0.15) is 46.0 Å². The topological polar surface area (TPSA) is 55.5 Å². The highest BCUT2D eigenvalue weighted by Crippen LogP contribution is 2.35. The Morgan fingerprint density at radius 3 is 2.81 bits per heavy atom. The van der Waals surface area contributed by atoms with Gasteiger partial charge in [-0.15, -0.1) is 0 Å². The lowest BCUT2D eigenvalue weighted by Gasteiger charge is -2.29. The Balaban J connectivity index is 2.13. The predicted molar refractivity (Wildman–Crippen MR) is 66.2 cm³/mol. The van der Waals surface area contributed by atoms with E-state index in [4.69, 9.17) is 10.5 Å². The molecule has 1 saturated carbocycles. The fourth-order valence-corrected chi connectivity index (χ4v) is 2.46. The first-order valence-corrected chi connectivity index (χ1v) is 6.56. The quantitative estimate of drug-likeness (QED) is 0.656. The Morgan fingerprint density at radius 2 is 2.19 bits per heavy atom. The minimum absolute atomic E-state index is 0.115. The molecule has 0 aromatic heterocycles. The molecule has 16 heavy (non-hydrogen) atoms. The number of aliphatic hydroxyl groups is 1. The third kappa shape index (κ3) is 4.04. The average molecular weight is 229 g/mol. The molecule has 1 fully saturated rings. The number of ether oxygens (including phenoxy) is 1. The Kier molecular flexibility index (Phi) is 5.73. The average Bonchev–Trinajstić information content (AvgIpc) is 2.60. The Morgan fingerprint density at radius 1 is 1.44 bits per heavy atom. The maximum absolute atomic E-state index is 9.31. The molecule has 3 nitrogen and oxygen atoms in total. The van der Waals surface area contributed by atoms with E-state index in [0.29, 0.717) is 11.8 Å². The summed E-state index contributed by atoms with van der Waals surface area (Å²) in [4.78, 5) is 0. The van der Waals surface area contributed by atoms with Gasteiger partial charge in [0, 0.05) is 18.8 Å². The molecule has 0 amide bonds. The van der Waals surface area contributed by atoms with Gasteiger partial charge in [0.15, 0.2) is 0 Å². The van der Waals surface area contributed by atoms with Crippen LogP contribution in [0.3, 0.4) is 0 Å². The van der Waals surface area contributed by atoms with E-state index in [9.17, 15) is 5.11 Å². The van der Waals surface area contributed by atoms with Crippen molar-refractivity contribution in [1.82, 2.24) is 0 Å². The zero-order valence-corrected chi connectivity index (χ0v) is 10.7. The highest BCUT2D eigenvalue weighted by Gasteiger charge is 2.38. The van der Waals surface area contributed by atoms with Gasteiger partial charge in [0.25, 0.3) is 0 Å². The van der Waals surface area contributed by atoms with Crippen molar-refractivity contribution in [2.75, 3.05) is 19.8 Å². The predicted octanol–water partition coefficient (Wildman–Crippen LogP) is 1.93. The molecule has 96 valence electrons. The lowest BCUT2D eigenvalue weighted by atomic mass is 9.87. The van der Waals surface area contributed by atoms with Gasteiger partial charge in [0.1, 0.15) is 0 Å². The summed E-state index contributed by atoms with van der Waals surface area (Å²) >= 11 is 0. The number of aliphatic hydroxyl groups excluding tert-OH is 1. The van der Waals surface area contributed by atoms with Crippen molar-refractivity contribution < 1.29 is 9.84 Å². The van der Waals surface area contributed by atoms with Gasteiger partial charge in [-0.1, -0.05) is 20.3 Å². The minimum Gasteiger partial charge on any atom is -0.394 e. The number of hydrogen-bond donors (Lipinski definition) is 2. The van der Waals surface area contributed by atoms with Crippen molar-refractivity contribution in [2.24, 2.45) is 17.6 Å². The monoisotopic (exact) mass is 229 g/mol. The highest BCUT2D eigenvalue weighted by atomic mass is 16.5. The maximum Gasteiger partial charge on any atom is 0.0613 e. The standard InChI is InChI=1S/C13H27NO2/c1-11(2)5-8-16-9-6-12-4-3-7-13(12,14)10-15/h11-12,15H,3-10,14H2,1-2H3. The summed E-state index contributed by atoms with van der Waals surface area (Å²) in [6.07, 6.45) is 5.37. The lowest BCUT2D eigenvalue weighted by Crippen LogP contribution is -2.47. The first kappa shape index (κ1) is 13.9. The SMILES string of the molecule is CC(C)CCOCCC1CCCC1(N)CO. The molecule has 0 heterocycles. The summed E-state index contributed by atoms with van der Waals surface area (Å²) < 4.78 is 5.61. The maximum atomic E-state index is 9.31. The minimum atomic E-state index is -0.332. The summed E-state index contributed by atoms with van der Waals surface area (Å²) in [5, 5.41) is 9.31. The summed E-state index contributed by atoms with van der Waals surface area (Å²) in [6.45, 7) is 6.16. The van der Waals surface area contributed by atoms with Crippen LogP contribution in [0.5, 0.6) is 0 Å². The Hall–Kier alpha value is -0.120. The van der Waals surface area contributed by atoms with E-state index in [1.165, 1.54) is 0 Å². The highest BCUT2D eigenvalue weighted by molar-refractivity contribution is 4.95. The van der Waals surface area contributed by atoms with E-state index >= 15 is 0 Å². The first-order chi connectivity index (χ1) is 7.58. The molecule has 3 heteroatoms. The molecule has 3 N–H and O–H groups in total. The van der Waals surface area contributed by atoms with Gasteiger partial charge in [-0.2, -0.15) is 0 Å². The van der Waals surface area contributed by atoms with Crippen LogP contribution in [0.4, 0.5) is 0 Å². The van der Waals surface area contributed by atoms with Crippen molar-refractivity contribution in [2.45, 2.75) is 51.5 Å². The summed E-state index contributed by atoms with van der Waals surface area (Å²) in [6, 6.07) is 0. The van der Waals surface area contributed by atoms with Crippen LogP contribution in [0, 0.1) is 11.8 Å². The smallest absolute Gasteiger partial charge is 0.0613 e. The molecule has 0 aliphatic heterocycles. The van der Waals surface area contributed by atoms with Gasteiger partial charge in [-0.25, -0.2) is 0 Å². The number of rotatable bonds is 7. The van der Waals surface area contributed by atoms with Crippen LogP contribution in [0.2, 0.25) is 0 Å². The van der Waals surface area contributed by atoms with Crippen LogP contribution >= 0.6 is 0 Å². The van der Waals surface area contributed by atoms with E-state index in [0.717, 1.165) is 45.3 Å². The molecule has 1 aliphatic carbocycles. The second-order valence-electron chi connectivity index (χ2n) is 5.56. The van der Waals surface area contributed by atoms with Gasteiger partial charge in [0.2, 0.25) is 0 Å². The molecule has 1 rings (SSSR count). The van der Waals surface area contributed by atoms with Crippen LogP contribution in [0.15, 0.2) is 0 Å².